The van der Waals surface area contributed by atoms with Crippen molar-refractivity contribution in [3.63, 3.8) is 0 Å². The number of benzene rings is 3. The third kappa shape index (κ3) is 5.71. The summed E-state index contributed by atoms with van der Waals surface area (Å²) in [5, 5.41) is 5.68. The van der Waals surface area contributed by atoms with Crippen molar-refractivity contribution in [1.82, 2.24) is 0 Å². The zero-order chi connectivity index (χ0) is 21.5. The first-order chi connectivity index (χ1) is 15.2. The summed E-state index contributed by atoms with van der Waals surface area (Å²) in [5.74, 6) is 0.285. The van der Waals surface area contributed by atoms with Crippen LogP contribution in [0.2, 0.25) is 0 Å². The standard InChI is InChI=1S/C25H24N2O4/c28-24(19-8-4-9-21(16-19)27-25(29)23-10-5-15-30-23)26-20-11-13-22(14-12-20)31-17-18-6-2-1-3-7-18/h1-4,6-9,11-14,16,23H,5,10,15,17H2,(H,26,28)(H,27,29). The Morgan fingerprint density at radius 1 is 0.903 bits per heavy atom. The van der Waals surface area contributed by atoms with Crippen LogP contribution in [0.1, 0.15) is 28.8 Å². The Bertz CT molecular complexity index is 1030. The molecule has 6 heteroatoms. The SMILES string of the molecule is O=C(Nc1ccc(OCc2ccccc2)cc1)c1cccc(NC(=O)C2CCCO2)c1. The number of amides is 2. The fourth-order valence-electron chi connectivity index (χ4n) is 3.32. The molecule has 2 N–H and O–H groups in total. The number of carbonyl (C=O) groups excluding carboxylic acids is 2. The molecule has 1 aliphatic heterocycles. The summed E-state index contributed by atoms with van der Waals surface area (Å²) in [6.07, 6.45) is 1.19. The van der Waals surface area contributed by atoms with Gasteiger partial charge in [0.15, 0.2) is 0 Å². The first-order valence-electron chi connectivity index (χ1n) is 10.3. The Kier molecular flexibility index (Phi) is 6.59. The molecule has 0 aliphatic carbocycles. The summed E-state index contributed by atoms with van der Waals surface area (Å²) in [6, 6.07) is 24.0. The van der Waals surface area contributed by atoms with Gasteiger partial charge in [0, 0.05) is 23.5 Å². The summed E-state index contributed by atoms with van der Waals surface area (Å²) in [7, 11) is 0. The molecule has 1 unspecified atom stereocenters. The molecule has 3 aromatic carbocycles. The summed E-state index contributed by atoms with van der Waals surface area (Å²) < 4.78 is 11.2. The van der Waals surface area contributed by atoms with Crippen molar-refractivity contribution in [3.8, 4) is 5.75 Å². The highest BCUT2D eigenvalue weighted by atomic mass is 16.5. The van der Waals surface area contributed by atoms with Gasteiger partial charge >= 0.3 is 0 Å². The molecule has 0 radical (unpaired) electrons. The largest absolute Gasteiger partial charge is 0.489 e. The number of nitrogens with one attached hydrogen (secondary N) is 2. The van der Waals surface area contributed by atoms with Crippen LogP contribution in [0.4, 0.5) is 11.4 Å². The van der Waals surface area contributed by atoms with Crippen molar-refractivity contribution in [2.24, 2.45) is 0 Å². The van der Waals surface area contributed by atoms with Crippen LogP contribution < -0.4 is 15.4 Å². The van der Waals surface area contributed by atoms with Crippen molar-refractivity contribution in [2.45, 2.75) is 25.6 Å². The van der Waals surface area contributed by atoms with Gasteiger partial charge < -0.3 is 20.1 Å². The Morgan fingerprint density at radius 3 is 2.45 bits per heavy atom. The normalized spacial score (nSPS) is 15.3. The maximum atomic E-state index is 12.6. The number of rotatable bonds is 7. The molecule has 1 aliphatic rings. The monoisotopic (exact) mass is 416 g/mol. The lowest BCUT2D eigenvalue weighted by molar-refractivity contribution is -0.124. The zero-order valence-electron chi connectivity index (χ0n) is 17.0. The van der Waals surface area contributed by atoms with Crippen LogP contribution >= 0.6 is 0 Å². The summed E-state index contributed by atoms with van der Waals surface area (Å²) >= 11 is 0. The molecule has 2 amide bonds. The lowest BCUT2D eigenvalue weighted by Gasteiger charge is -2.12. The molecule has 1 heterocycles. The van der Waals surface area contributed by atoms with Gasteiger partial charge in [-0.25, -0.2) is 0 Å². The Morgan fingerprint density at radius 2 is 1.71 bits per heavy atom. The van der Waals surface area contributed by atoms with Crippen LogP contribution in [0.3, 0.4) is 0 Å². The van der Waals surface area contributed by atoms with Crippen LogP contribution in [0.25, 0.3) is 0 Å². The van der Waals surface area contributed by atoms with E-state index in [4.69, 9.17) is 9.47 Å². The fraction of sp³-hybridized carbons (Fsp3) is 0.200. The smallest absolute Gasteiger partial charge is 0.255 e. The molecule has 0 aromatic heterocycles. The number of carbonyl (C=O) groups is 2. The van der Waals surface area contributed by atoms with Gasteiger partial charge in [-0.1, -0.05) is 36.4 Å². The highest BCUT2D eigenvalue weighted by molar-refractivity contribution is 6.05. The van der Waals surface area contributed by atoms with Gasteiger partial charge in [-0.2, -0.15) is 0 Å². The van der Waals surface area contributed by atoms with Crippen molar-refractivity contribution in [1.29, 1.82) is 0 Å². The van der Waals surface area contributed by atoms with Crippen LogP contribution in [0, 0.1) is 0 Å². The van der Waals surface area contributed by atoms with Crippen LogP contribution in [0.15, 0.2) is 78.9 Å². The number of hydrogen-bond acceptors (Lipinski definition) is 4. The molecular formula is C25H24N2O4. The van der Waals surface area contributed by atoms with Crippen LogP contribution in [-0.4, -0.2) is 24.5 Å². The molecule has 0 bridgehead atoms. The molecule has 31 heavy (non-hydrogen) atoms. The fourth-order valence-corrected chi connectivity index (χ4v) is 3.32. The minimum Gasteiger partial charge on any atom is -0.489 e. The number of hydrogen-bond donors (Lipinski definition) is 2. The number of anilines is 2. The first kappa shape index (κ1) is 20.6. The maximum Gasteiger partial charge on any atom is 0.255 e. The molecule has 3 aromatic rings. The Hall–Kier alpha value is -3.64. The predicted molar refractivity (Wildman–Crippen MR) is 119 cm³/mol. The van der Waals surface area contributed by atoms with E-state index in [1.165, 1.54) is 0 Å². The van der Waals surface area contributed by atoms with Crippen molar-refractivity contribution in [3.05, 3.63) is 90.0 Å². The second-order valence-electron chi connectivity index (χ2n) is 7.32. The third-order valence-electron chi connectivity index (χ3n) is 4.97. The van der Waals surface area contributed by atoms with E-state index in [9.17, 15) is 9.59 Å². The van der Waals surface area contributed by atoms with E-state index in [1.807, 2.05) is 42.5 Å². The molecule has 1 fully saturated rings. The van der Waals surface area contributed by atoms with Crippen LogP contribution in [0.5, 0.6) is 5.75 Å². The lowest BCUT2D eigenvalue weighted by Crippen LogP contribution is -2.27. The summed E-state index contributed by atoms with van der Waals surface area (Å²) in [4.78, 5) is 24.8. The van der Waals surface area contributed by atoms with E-state index >= 15 is 0 Å². The van der Waals surface area contributed by atoms with Crippen molar-refractivity contribution < 1.29 is 19.1 Å². The van der Waals surface area contributed by atoms with Crippen LogP contribution in [-0.2, 0) is 16.1 Å². The van der Waals surface area contributed by atoms with Gasteiger partial charge in [-0.15, -0.1) is 0 Å². The molecule has 0 spiro atoms. The van der Waals surface area contributed by atoms with Gasteiger partial charge in [-0.3, -0.25) is 9.59 Å². The predicted octanol–water partition coefficient (Wildman–Crippen LogP) is 4.64. The average Bonchev–Trinajstić information content (AvgIpc) is 3.35. The Labute approximate surface area is 181 Å². The number of ether oxygens (including phenoxy) is 2. The highest BCUT2D eigenvalue weighted by Crippen LogP contribution is 2.20. The highest BCUT2D eigenvalue weighted by Gasteiger charge is 2.23. The molecule has 4 rings (SSSR count). The molecule has 0 saturated carbocycles. The van der Waals surface area contributed by atoms with Gasteiger partial charge in [0.2, 0.25) is 0 Å². The molecular weight excluding hydrogens is 392 g/mol. The third-order valence-corrected chi connectivity index (χ3v) is 4.97. The van der Waals surface area contributed by atoms with Gasteiger partial charge in [0.05, 0.1) is 0 Å². The maximum absolute atomic E-state index is 12.6. The zero-order valence-corrected chi connectivity index (χ0v) is 17.0. The quantitative estimate of drug-likeness (QED) is 0.589. The summed E-state index contributed by atoms with van der Waals surface area (Å²) in [5.41, 5.74) is 2.77. The topological polar surface area (TPSA) is 76.7 Å². The molecule has 158 valence electrons. The second kappa shape index (κ2) is 9.91. The lowest BCUT2D eigenvalue weighted by atomic mass is 10.1. The van der Waals surface area contributed by atoms with Crippen molar-refractivity contribution >= 4 is 23.2 Å². The van der Waals surface area contributed by atoms with E-state index < -0.39 is 6.10 Å². The minimum atomic E-state index is -0.417. The average molecular weight is 416 g/mol. The van der Waals surface area contributed by atoms with E-state index in [1.54, 1.807) is 36.4 Å². The van der Waals surface area contributed by atoms with Crippen molar-refractivity contribution in [2.75, 3.05) is 17.2 Å². The van der Waals surface area contributed by atoms with Gasteiger partial charge in [0.25, 0.3) is 11.8 Å². The first-order valence-corrected chi connectivity index (χ1v) is 10.3. The molecule has 6 nitrogen and oxygen atoms in total. The molecule has 1 saturated heterocycles. The second-order valence-corrected chi connectivity index (χ2v) is 7.32. The van der Waals surface area contributed by atoms with E-state index in [0.29, 0.717) is 30.2 Å². The van der Waals surface area contributed by atoms with Gasteiger partial charge in [0.1, 0.15) is 18.5 Å². The van der Waals surface area contributed by atoms with E-state index in [2.05, 4.69) is 10.6 Å². The van der Waals surface area contributed by atoms with E-state index in [0.717, 1.165) is 24.2 Å². The molecule has 1 atom stereocenters. The minimum absolute atomic E-state index is 0.179. The van der Waals surface area contributed by atoms with E-state index in [-0.39, 0.29) is 11.8 Å². The van der Waals surface area contributed by atoms with Gasteiger partial charge in [-0.05, 0) is 60.9 Å². The summed E-state index contributed by atoms with van der Waals surface area (Å²) in [6.45, 7) is 1.09. The Balaban J connectivity index is 1.33.